The Kier molecular flexibility index (Phi) is 3.58. The smallest absolute Gasteiger partial charge is 0.175 e. The minimum atomic E-state index is -3.18. The van der Waals surface area contributed by atoms with Crippen LogP contribution in [0.1, 0.15) is 15.9 Å². The zero-order chi connectivity index (χ0) is 15.7. The van der Waals surface area contributed by atoms with E-state index in [-0.39, 0.29) is 0 Å². The van der Waals surface area contributed by atoms with E-state index in [9.17, 15) is 13.2 Å². The summed E-state index contributed by atoms with van der Waals surface area (Å²) in [5.41, 5.74) is 2.52. The average Bonchev–Trinajstić information content (AvgIpc) is 2.90. The van der Waals surface area contributed by atoms with E-state index >= 15 is 0 Å². The van der Waals surface area contributed by atoms with Gasteiger partial charge in [-0.2, -0.15) is 0 Å². The molecule has 3 rings (SSSR count). The summed E-state index contributed by atoms with van der Waals surface area (Å²) in [5.74, 6) is 0. The lowest BCUT2D eigenvalue weighted by Gasteiger charge is -2.08. The molecule has 0 fully saturated rings. The van der Waals surface area contributed by atoms with Crippen LogP contribution in [-0.2, 0) is 16.4 Å². The van der Waals surface area contributed by atoms with Crippen molar-refractivity contribution >= 4 is 27.0 Å². The van der Waals surface area contributed by atoms with E-state index in [4.69, 9.17) is 0 Å². The van der Waals surface area contributed by atoms with E-state index in [1.165, 1.54) is 6.26 Å². The zero-order valence-electron chi connectivity index (χ0n) is 12.1. The van der Waals surface area contributed by atoms with Crippen LogP contribution in [-0.4, -0.2) is 25.5 Å². The molecule has 0 aliphatic heterocycles. The fourth-order valence-corrected chi connectivity index (χ4v) is 3.19. The van der Waals surface area contributed by atoms with Crippen molar-refractivity contribution in [3.63, 3.8) is 0 Å². The number of carbonyl (C=O) groups is 1. The van der Waals surface area contributed by atoms with Crippen LogP contribution in [0, 0.1) is 0 Å². The van der Waals surface area contributed by atoms with Crippen molar-refractivity contribution in [2.24, 2.45) is 0 Å². The van der Waals surface area contributed by atoms with Crippen LogP contribution in [0.25, 0.3) is 10.9 Å². The Morgan fingerprint density at radius 2 is 1.77 bits per heavy atom. The van der Waals surface area contributed by atoms with Gasteiger partial charge in [0.15, 0.2) is 16.1 Å². The number of hydrogen-bond donors (Lipinski definition) is 0. The minimum absolute atomic E-state index is 0.308. The normalized spacial score (nSPS) is 11.7. The Hall–Kier alpha value is -2.40. The van der Waals surface area contributed by atoms with E-state index in [0.717, 1.165) is 22.8 Å². The molecule has 1 aromatic heterocycles. The SMILES string of the molecule is CS(=O)(=O)c1ccc(Cn2ccc3cccc(C=O)c32)cc1. The number of benzene rings is 2. The maximum Gasteiger partial charge on any atom is 0.175 e. The van der Waals surface area contributed by atoms with Gasteiger partial charge in [-0.15, -0.1) is 0 Å². The number of para-hydroxylation sites is 1. The molecule has 3 aromatic rings. The first kappa shape index (κ1) is 14.5. The van der Waals surface area contributed by atoms with Gasteiger partial charge in [-0.25, -0.2) is 8.42 Å². The Bertz CT molecular complexity index is 938. The Balaban J connectivity index is 1.98. The van der Waals surface area contributed by atoms with Crippen molar-refractivity contribution in [3.05, 3.63) is 65.9 Å². The molecule has 0 atom stereocenters. The monoisotopic (exact) mass is 313 g/mol. The summed E-state index contributed by atoms with van der Waals surface area (Å²) >= 11 is 0. The van der Waals surface area contributed by atoms with Gasteiger partial charge in [0.1, 0.15) is 0 Å². The van der Waals surface area contributed by atoms with Crippen LogP contribution < -0.4 is 0 Å². The number of rotatable bonds is 4. The number of hydrogen-bond acceptors (Lipinski definition) is 3. The van der Waals surface area contributed by atoms with Gasteiger partial charge in [0.25, 0.3) is 0 Å². The molecule has 0 aliphatic rings. The summed E-state index contributed by atoms with van der Waals surface area (Å²) in [6.07, 6.45) is 3.98. The predicted molar refractivity (Wildman–Crippen MR) is 86.0 cm³/mol. The largest absolute Gasteiger partial charge is 0.342 e. The number of carbonyl (C=O) groups excluding carboxylic acids is 1. The molecule has 0 unspecified atom stereocenters. The first-order valence-corrected chi connectivity index (χ1v) is 8.70. The maximum absolute atomic E-state index is 11.5. The summed E-state index contributed by atoms with van der Waals surface area (Å²) in [7, 11) is -3.18. The molecule has 112 valence electrons. The summed E-state index contributed by atoms with van der Waals surface area (Å²) in [4.78, 5) is 11.5. The molecular weight excluding hydrogens is 298 g/mol. The molecule has 0 N–H and O–H groups in total. The van der Waals surface area contributed by atoms with E-state index in [0.29, 0.717) is 17.0 Å². The molecule has 22 heavy (non-hydrogen) atoms. The molecule has 0 spiro atoms. The molecule has 4 nitrogen and oxygen atoms in total. The molecule has 5 heteroatoms. The number of fused-ring (bicyclic) bond motifs is 1. The molecule has 0 saturated carbocycles. The first-order valence-electron chi connectivity index (χ1n) is 6.81. The predicted octanol–water partition coefficient (Wildman–Crippen LogP) is 2.91. The van der Waals surface area contributed by atoms with Crippen molar-refractivity contribution in [2.45, 2.75) is 11.4 Å². The minimum Gasteiger partial charge on any atom is -0.342 e. The third-order valence-corrected chi connectivity index (χ3v) is 4.78. The number of aldehydes is 1. The second kappa shape index (κ2) is 5.42. The van der Waals surface area contributed by atoms with Gasteiger partial charge in [-0.05, 0) is 29.8 Å². The lowest BCUT2D eigenvalue weighted by atomic mass is 10.1. The lowest BCUT2D eigenvalue weighted by Crippen LogP contribution is -2.01. The van der Waals surface area contributed by atoms with E-state index in [1.807, 2.05) is 29.0 Å². The lowest BCUT2D eigenvalue weighted by molar-refractivity contribution is 0.112. The summed E-state index contributed by atoms with van der Waals surface area (Å²) < 4.78 is 24.9. The Morgan fingerprint density at radius 3 is 2.41 bits per heavy atom. The molecule has 2 aromatic carbocycles. The average molecular weight is 313 g/mol. The highest BCUT2D eigenvalue weighted by atomic mass is 32.2. The molecule has 0 bridgehead atoms. The van der Waals surface area contributed by atoms with Gasteiger partial charge < -0.3 is 4.57 Å². The van der Waals surface area contributed by atoms with Crippen LogP contribution in [0.5, 0.6) is 0 Å². The quantitative estimate of drug-likeness (QED) is 0.696. The van der Waals surface area contributed by atoms with Gasteiger partial charge in [0, 0.05) is 29.9 Å². The summed E-state index contributed by atoms with van der Waals surface area (Å²) in [6, 6.07) is 14.4. The van der Waals surface area contributed by atoms with Crippen molar-refractivity contribution in [1.82, 2.24) is 4.57 Å². The van der Waals surface area contributed by atoms with Gasteiger partial charge >= 0.3 is 0 Å². The highest BCUT2D eigenvalue weighted by molar-refractivity contribution is 7.90. The van der Waals surface area contributed by atoms with E-state index in [1.54, 1.807) is 30.3 Å². The molecule has 0 saturated heterocycles. The van der Waals surface area contributed by atoms with Gasteiger partial charge in [0.05, 0.1) is 10.4 Å². The number of sulfone groups is 1. The van der Waals surface area contributed by atoms with Crippen molar-refractivity contribution in [2.75, 3.05) is 6.26 Å². The topological polar surface area (TPSA) is 56.1 Å². The first-order chi connectivity index (χ1) is 10.5. The van der Waals surface area contributed by atoms with Crippen LogP contribution in [0.2, 0.25) is 0 Å². The van der Waals surface area contributed by atoms with Gasteiger partial charge in [-0.1, -0.05) is 24.3 Å². The molecule has 0 aliphatic carbocycles. The van der Waals surface area contributed by atoms with Crippen LogP contribution in [0.3, 0.4) is 0 Å². The zero-order valence-corrected chi connectivity index (χ0v) is 12.9. The number of nitrogens with zero attached hydrogens (tertiary/aromatic N) is 1. The van der Waals surface area contributed by atoms with Gasteiger partial charge in [-0.3, -0.25) is 4.79 Å². The van der Waals surface area contributed by atoms with Crippen LogP contribution >= 0.6 is 0 Å². The molecule has 0 radical (unpaired) electrons. The van der Waals surface area contributed by atoms with Crippen molar-refractivity contribution in [3.8, 4) is 0 Å². The fraction of sp³-hybridized carbons (Fsp3) is 0.118. The Morgan fingerprint density at radius 1 is 1.05 bits per heavy atom. The number of aromatic nitrogens is 1. The summed E-state index contributed by atoms with van der Waals surface area (Å²) in [5, 5.41) is 1.01. The van der Waals surface area contributed by atoms with E-state index < -0.39 is 9.84 Å². The standard InChI is InChI=1S/C17H15NO3S/c1-22(20,21)16-7-5-13(6-8-16)11-18-10-9-14-3-2-4-15(12-19)17(14)18/h2-10,12H,11H2,1H3. The highest BCUT2D eigenvalue weighted by Gasteiger charge is 2.08. The second-order valence-corrected chi connectivity index (χ2v) is 7.28. The van der Waals surface area contributed by atoms with Crippen molar-refractivity contribution in [1.29, 1.82) is 0 Å². The van der Waals surface area contributed by atoms with Crippen LogP contribution in [0.4, 0.5) is 0 Å². The summed E-state index contributed by atoms with van der Waals surface area (Å²) in [6.45, 7) is 0.582. The van der Waals surface area contributed by atoms with E-state index in [2.05, 4.69) is 0 Å². The van der Waals surface area contributed by atoms with Gasteiger partial charge in [0.2, 0.25) is 0 Å². The maximum atomic E-state index is 11.5. The molecule has 1 heterocycles. The molecular formula is C17H15NO3S. The highest BCUT2D eigenvalue weighted by Crippen LogP contribution is 2.21. The third-order valence-electron chi connectivity index (χ3n) is 3.65. The fourth-order valence-electron chi connectivity index (χ4n) is 2.56. The third kappa shape index (κ3) is 2.67. The van der Waals surface area contributed by atoms with Crippen molar-refractivity contribution < 1.29 is 13.2 Å². The Labute approximate surface area is 128 Å². The second-order valence-electron chi connectivity index (χ2n) is 5.26. The molecule has 0 amide bonds. The van der Waals surface area contributed by atoms with Crippen LogP contribution in [0.15, 0.2) is 59.6 Å².